The summed E-state index contributed by atoms with van der Waals surface area (Å²) in [7, 11) is 0. The van der Waals surface area contributed by atoms with Gasteiger partial charge in [0, 0.05) is 13.1 Å². The van der Waals surface area contributed by atoms with E-state index in [0.29, 0.717) is 62.8 Å². The van der Waals surface area contributed by atoms with Gasteiger partial charge in [-0.05, 0) is 0 Å². The quantitative estimate of drug-likeness (QED) is 0.382. The number of hydrogen-bond donors (Lipinski definition) is 0. The maximum absolute atomic E-state index is 5.39. The van der Waals surface area contributed by atoms with Crippen LogP contribution in [-0.2, 0) is 26.2 Å². The molecule has 0 saturated carbocycles. The lowest BCUT2D eigenvalue weighted by atomic mass is 10.3. The molecule has 0 aromatic carbocycles. The Morgan fingerprint density at radius 3 is 1.00 bits per heavy atom. The fourth-order valence-electron chi connectivity index (χ4n) is 2.80. The van der Waals surface area contributed by atoms with Gasteiger partial charge >= 0.3 is 0 Å². The molecule has 0 saturated heterocycles. The van der Waals surface area contributed by atoms with Crippen molar-refractivity contribution in [3.8, 4) is 0 Å². The predicted molar refractivity (Wildman–Crippen MR) is 94.2 cm³/mol. The molecular weight excluding hydrogens is 364 g/mol. The first-order valence-corrected chi connectivity index (χ1v) is 8.83. The van der Waals surface area contributed by atoms with E-state index >= 15 is 0 Å². The Hall–Kier alpha value is -3.24. The van der Waals surface area contributed by atoms with Gasteiger partial charge in [-0.3, -0.25) is 9.80 Å². The molecular formula is C18H20N6O4. The number of rotatable bonds is 11. The van der Waals surface area contributed by atoms with Crippen molar-refractivity contribution in [2.75, 3.05) is 13.1 Å². The molecule has 10 heteroatoms. The fourth-order valence-corrected chi connectivity index (χ4v) is 2.80. The van der Waals surface area contributed by atoms with E-state index in [0.717, 1.165) is 0 Å². The molecule has 0 aliphatic rings. The molecule has 0 unspecified atom stereocenters. The van der Waals surface area contributed by atoms with Crippen LogP contribution in [0.15, 0.2) is 67.5 Å². The molecule has 0 bridgehead atoms. The van der Waals surface area contributed by atoms with Crippen molar-refractivity contribution in [2.45, 2.75) is 26.2 Å². The van der Waals surface area contributed by atoms with Crippen LogP contribution in [0.3, 0.4) is 0 Å². The minimum Gasteiger partial charge on any atom is -0.448 e. The first kappa shape index (κ1) is 18.1. The highest BCUT2D eigenvalue weighted by atomic mass is 16.4. The van der Waals surface area contributed by atoms with Crippen LogP contribution >= 0.6 is 0 Å². The van der Waals surface area contributed by atoms with E-state index < -0.39 is 0 Å². The second-order valence-electron chi connectivity index (χ2n) is 6.12. The van der Waals surface area contributed by atoms with Crippen LogP contribution in [0.1, 0.15) is 23.6 Å². The Morgan fingerprint density at radius 2 is 0.786 bits per heavy atom. The topological polar surface area (TPSA) is 111 Å². The second kappa shape index (κ2) is 9.11. The van der Waals surface area contributed by atoms with Crippen molar-refractivity contribution >= 4 is 0 Å². The first-order valence-electron chi connectivity index (χ1n) is 8.83. The number of aromatic nitrogens is 4. The van der Waals surface area contributed by atoms with Gasteiger partial charge in [0.1, 0.15) is 25.1 Å². The van der Waals surface area contributed by atoms with Crippen LogP contribution in [0, 0.1) is 0 Å². The molecule has 4 aromatic rings. The Labute approximate surface area is 160 Å². The van der Waals surface area contributed by atoms with Crippen LogP contribution in [-0.4, -0.2) is 42.8 Å². The highest BCUT2D eigenvalue weighted by molar-refractivity contribution is 4.87. The van der Waals surface area contributed by atoms with Crippen LogP contribution in [0.5, 0.6) is 0 Å². The summed E-state index contributed by atoms with van der Waals surface area (Å²) in [5, 5.41) is 0. The Morgan fingerprint density at radius 1 is 0.500 bits per heavy atom. The predicted octanol–water partition coefficient (Wildman–Crippen LogP) is 2.34. The van der Waals surface area contributed by atoms with Crippen molar-refractivity contribution < 1.29 is 17.7 Å². The van der Waals surface area contributed by atoms with Crippen molar-refractivity contribution in [1.82, 2.24) is 29.7 Å². The van der Waals surface area contributed by atoms with Gasteiger partial charge in [0.05, 0.1) is 51.0 Å². The van der Waals surface area contributed by atoms with Gasteiger partial charge in [0.2, 0.25) is 23.6 Å². The Bertz CT molecular complexity index is 741. The zero-order valence-corrected chi connectivity index (χ0v) is 15.2. The lowest BCUT2D eigenvalue weighted by Gasteiger charge is -2.24. The SMILES string of the molecule is c1coc(CN(CCN(Cc2ncco2)Cc2ncco2)Cc2ncco2)n1. The molecule has 0 atom stereocenters. The third-order valence-corrected chi connectivity index (χ3v) is 4.10. The summed E-state index contributed by atoms with van der Waals surface area (Å²) >= 11 is 0. The summed E-state index contributed by atoms with van der Waals surface area (Å²) in [6.45, 7) is 3.60. The number of oxazole rings is 4. The third kappa shape index (κ3) is 5.15. The number of nitrogens with zero attached hydrogens (tertiary/aromatic N) is 6. The molecule has 28 heavy (non-hydrogen) atoms. The molecule has 0 amide bonds. The van der Waals surface area contributed by atoms with E-state index in [9.17, 15) is 0 Å². The van der Waals surface area contributed by atoms with Gasteiger partial charge in [0.15, 0.2) is 0 Å². The van der Waals surface area contributed by atoms with Gasteiger partial charge in [-0.2, -0.15) is 0 Å². The maximum atomic E-state index is 5.39. The Balaban J connectivity index is 1.41. The largest absolute Gasteiger partial charge is 0.448 e. The van der Waals surface area contributed by atoms with E-state index in [2.05, 4.69) is 29.7 Å². The van der Waals surface area contributed by atoms with Crippen molar-refractivity contribution in [2.24, 2.45) is 0 Å². The first-order chi connectivity index (χ1) is 13.8. The summed E-state index contributed by atoms with van der Waals surface area (Å²) in [4.78, 5) is 21.1. The van der Waals surface area contributed by atoms with Crippen molar-refractivity contribution in [1.29, 1.82) is 0 Å². The lowest BCUT2D eigenvalue weighted by molar-refractivity contribution is 0.148. The molecule has 10 nitrogen and oxygen atoms in total. The highest BCUT2D eigenvalue weighted by Gasteiger charge is 2.17. The maximum Gasteiger partial charge on any atom is 0.208 e. The zero-order valence-electron chi connectivity index (χ0n) is 15.2. The van der Waals surface area contributed by atoms with Crippen LogP contribution in [0.4, 0.5) is 0 Å². The molecule has 0 spiro atoms. The van der Waals surface area contributed by atoms with E-state index in [-0.39, 0.29) is 0 Å². The molecule has 0 aliphatic heterocycles. The zero-order chi connectivity index (χ0) is 19.0. The summed E-state index contributed by atoms with van der Waals surface area (Å²) in [6, 6.07) is 0. The van der Waals surface area contributed by atoms with Gasteiger partial charge in [-0.25, -0.2) is 19.9 Å². The van der Waals surface area contributed by atoms with E-state index in [1.807, 2.05) is 0 Å². The lowest BCUT2D eigenvalue weighted by Crippen LogP contribution is -2.34. The van der Waals surface area contributed by atoms with Gasteiger partial charge in [0.25, 0.3) is 0 Å². The van der Waals surface area contributed by atoms with Crippen molar-refractivity contribution in [3.05, 3.63) is 73.4 Å². The summed E-state index contributed by atoms with van der Waals surface area (Å²) in [6.07, 6.45) is 12.8. The van der Waals surface area contributed by atoms with Crippen molar-refractivity contribution in [3.63, 3.8) is 0 Å². The molecule has 0 N–H and O–H groups in total. The van der Waals surface area contributed by atoms with E-state index in [4.69, 9.17) is 17.7 Å². The molecule has 4 rings (SSSR count). The second-order valence-corrected chi connectivity index (χ2v) is 6.12. The van der Waals surface area contributed by atoms with Gasteiger partial charge in [-0.1, -0.05) is 0 Å². The average Bonchev–Trinajstić information content (AvgIpc) is 3.47. The molecule has 0 fully saturated rings. The summed E-state index contributed by atoms with van der Waals surface area (Å²) < 4.78 is 21.6. The third-order valence-electron chi connectivity index (χ3n) is 4.10. The summed E-state index contributed by atoms with van der Waals surface area (Å²) in [5.74, 6) is 2.55. The van der Waals surface area contributed by atoms with Crippen LogP contribution < -0.4 is 0 Å². The van der Waals surface area contributed by atoms with E-state index in [1.54, 1.807) is 49.8 Å². The molecule has 146 valence electrons. The van der Waals surface area contributed by atoms with Crippen LogP contribution in [0.25, 0.3) is 0 Å². The molecule has 4 aromatic heterocycles. The molecule has 0 aliphatic carbocycles. The molecule has 0 radical (unpaired) electrons. The monoisotopic (exact) mass is 384 g/mol. The minimum absolute atomic E-state index is 0.543. The minimum atomic E-state index is 0.543. The fraction of sp³-hybridized carbons (Fsp3) is 0.333. The van der Waals surface area contributed by atoms with Gasteiger partial charge < -0.3 is 17.7 Å². The normalized spacial score (nSPS) is 11.6. The number of hydrogen-bond acceptors (Lipinski definition) is 10. The van der Waals surface area contributed by atoms with Crippen LogP contribution in [0.2, 0.25) is 0 Å². The average molecular weight is 384 g/mol. The smallest absolute Gasteiger partial charge is 0.208 e. The highest BCUT2D eigenvalue weighted by Crippen LogP contribution is 2.11. The van der Waals surface area contributed by atoms with Gasteiger partial charge in [-0.15, -0.1) is 0 Å². The molecule has 4 heterocycles. The summed E-state index contributed by atoms with van der Waals surface area (Å²) in [5.41, 5.74) is 0. The van der Waals surface area contributed by atoms with E-state index in [1.165, 1.54) is 0 Å². The standard InChI is InChI=1S/C18H20N6O4/c1-7-25-15(19-1)11-23(12-16-20-2-8-26-16)5-6-24(13-17-21-3-9-27-17)14-18-22-4-10-28-18/h1-4,7-10H,5-6,11-14H2. The Kier molecular flexibility index (Phi) is 5.90.